The van der Waals surface area contributed by atoms with E-state index >= 15 is 0 Å². The van der Waals surface area contributed by atoms with E-state index in [-0.39, 0.29) is 11.5 Å². The van der Waals surface area contributed by atoms with Gasteiger partial charge in [0.1, 0.15) is 6.33 Å². The van der Waals surface area contributed by atoms with Gasteiger partial charge in [-0.1, -0.05) is 30.3 Å². The minimum atomic E-state index is -0.180. The van der Waals surface area contributed by atoms with Crippen LogP contribution in [-0.4, -0.2) is 69.3 Å². The minimum Gasteiger partial charge on any atom is -0.379 e. The lowest BCUT2D eigenvalue weighted by atomic mass is 10.2. The van der Waals surface area contributed by atoms with Crippen LogP contribution in [0.25, 0.3) is 11.2 Å². The molecule has 0 spiro atoms. The number of amides is 1. The van der Waals surface area contributed by atoms with E-state index in [1.807, 2.05) is 30.3 Å². The Morgan fingerprint density at radius 1 is 1.03 bits per heavy atom. The topological polar surface area (TPSA) is 94.3 Å². The predicted molar refractivity (Wildman–Crippen MR) is 117 cm³/mol. The molecule has 0 saturated carbocycles. The smallest absolute Gasteiger partial charge is 0.281 e. The molecule has 1 aliphatic rings. The van der Waals surface area contributed by atoms with Crippen molar-refractivity contribution < 1.29 is 9.53 Å². The van der Waals surface area contributed by atoms with Crippen LogP contribution in [0.5, 0.6) is 0 Å². The standard InChI is InChI=1S/C22H28N6O3/c29-19(23-8-4-9-26-11-13-31-14-12-26)7-10-27-16-24-20-21(27)25-17-28(22(20)30)15-18-5-2-1-3-6-18/h1-3,5-6,16-17H,4,7-15H2,(H,23,29). The number of carbonyl (C=O) groups excluding carboxylic acids is 1. The number of aromatic nitrogens is 4. The molecule has 1 fully saturated rings. The molecule has 0 bridgehead atoms. The van der Waals surface area contributed by atoms with Crippen LogP contribution in [0, 0.1) is 0 Å². The molecule has 31 heavy (non-hydrogen) atoms. The van der Waals surface area contributed by atoms with Crippen molar-refractivity contribution in [2.24, 2.45) is 0 Å². The molecule has 0 radical (unpaired) electrons. The Kier molecular flexibility index (Phi) is 7.06. The second-order valence-electron chi connectivity index (χ2n) is 7.68. The molecule has 0 atom stereocenters. The molecule has 1 N–H and O–H groups in total. The molecule has 3 aromatic rings. The van der Waals surface area contributed by atoms with Crippen LogP contribution >= 0.6 is 0 Å². The van der Waals surface area contributed by atoms with Crippen molar-refractivity contribution in [1.82, 2.24) is 29.3 Å². The summed E-state index contributed by atoms with van der Waals surface area (Å²) in [6.45, 7) is 6.00. The van der Waals surface area contributed by atoms with Gasteiger partial charge in [0.05, 0.1) is 26.1 Å². The summed E-state index contributed by atoms with van der Waals surface area (Å²) in [5.41, 5.74) is 1.68. The number of rotatable bonds is 9. The molecular weight excluding hydrogens is 396 g/mol. The number of carbonyl (C=O) groups is 1. The average molecular weight is 425 g/mol. The van der Waals surface area contributed by atoms with E-state index in [2.05, 4.69) is 20.2 Å². The van der Waals surface area contributed by atoms with Gasteiger partial charge < -0.3 is 14.6 Å². The number of nitrogens with zero attached hydrogens (tertiary/aromatic N) is 5. The average Bonchev–Trinajstić information content (AvgIpc) is 3.22. The maximum atomic E-state index is 12.7. The zero-order valence-corrected chi connectivity index (χ0v) is 17.6. The molecule has 9 heteroatoms. The molecule has 1 aliphatic heterocycles. The van der Waals surface area contributed by atoms with E-state index < -0.39 is 0 Å². The molecule has 1 aromatic carbocycles. The number of nitrogens with one attached hydrogen (secondary N) is 1. The summed E-state index contributed by atoms with van der Waals surface area (Å²) in [6.07, 6.45) is 4.36. The number of morpholine rings is 1. The SMILES string of the molecule is O=C(CCn1cnc2c(=O)n(Cc3ccccc3)cnc21)NCCCN1CCOCC1. The Morgan fingerprint density at radius 2 is 1.81 bits per heavy atom. The maximum Gasteiger partial charge on any atom is 0.281 e. The number of aryl methyl sites for hydroxylation is 1. The Balaban J connectivity index is 1.28. The fraction of sp³-hybridized carbons (Fsp3) is 0.455. The highest BCUT2D eigenvalue weighted by Gasteiger charge is 2.12. The summed E-state index contributed by atoms with van der Waals surface area (Å²) < 4.78 is 8.65. The number of imidazole rings is 1. The molecular formula is C22H28N6O3. The number of fused-ring (bicyclic) bond motifs is 1. The monoisotopic (exact) mass is 424 g/mol. The molecule has 9 nitrogen and oxygen atoms in total. The predicted octanol–water partition coefficient (Wildman–Crippen LogP) is 0.870. The van der Waals surface area contributed by atoms with Gasteiger partial charge in [0.2, 0.25) is 5.91 Å². The van der Waals surface area contributed by atoms with Crippen LogP contribution in [0.2, 0.25) is 0 Å². The van der Waals surface area contributed by atoms with Gasteiger partial charge in [0, 0.05) is 32.6 Å². The van der Waals surface area contributed by atoms with E-state index in [1.54, 1.807) is 21.8 Å². The lowest BCUT2D eigenvalue weighted by Gasteiger charge is -2.26. The van der Waals surface area contributed by atoms with Crippen molar-refractivity contribution in [3.63, 3.8) is 0 Å². The summed E-state index contributed by atoms with van der Waals surface area (Å²) in [6, 6.07) is 9.75. The third-order valence-corrected chi connectivity index (χ3v) is 5.45. The molecule has 1 amide bonds. The zero-order valence-electron chi connectivity index (χ0n) is 17.6. The Bertz CT molecular complexity index is 1060. The highest BCUT2D eigenvalue weighted by Crippen LogP contribution is 2.07. The highest BCUT2D eigenvalue weighted by atomic mass is 16.5. The van der Waals surface area contributed by atoms with Gasteiger partial charge in [-0.15, -0.1) is 0 Å². The van der Waals surface area contributed by atoms with Crippen molar-refractivity contribution >= 4 is 17.1 Å². The van der Waals surface area contributed by atoms with Gasteiger partial charge in [-0.3, -0.25) is 19.1 Å². The summed E-state index contributed by atoms with van der Waals surface area (Å²) in [5.74, 6) is -0.0127. The van der Waals surface area contributed by atoms with E-state index in [0.29, 0.717) is 37.2 Å². The van der Waals surface area contributed by atoms with E-state index in [1.165, 1.54) is 0 Å². The first kappa shape index (κ1) is 21.2. The van der Waals surface area contributed by atoms with Gasteiger partial charge in [0.25, 0.3) is 5.56 Å². The summed E-state index contributed by atoms with van der Waals surface area (Å²) in [7, 11) is 0. The van der Waals surface area contributed by atoms with Crippen LogP contribution in [0.15, 0.2) is 47.8 Å². The largest absolute Gasteiger partial charge is 0.379 e. The normalized spacial score (nSPS) is 14.7. The molecule has 0 unspecified atom stereocenters. The Morgan fingerprint density at radius 3 is 2.61 bits per heavy atom. The third kappa shape index (κ3) is 5.56. The molecule has 2 aromatic heterocycles. The highest BCUT2D eigenvalue weighted by molar-refractivity contribution is 5.76. The lowest BCUT2D eigenvalue weighted by Crippen LogP contribution is -2.38. The summed E-state index contributed by atoms with van der Waals surface area (Å²) >= 11 is 0. The third-order valence-electron chi connectivity index (χ3n) is 5.45. The van der Waals surface area contributed by atoms with Crippen molar-refractivity contribution in [3.8, 4) is 0 Å². The number of hydrogen-bond donors (Lipinski definition) is 1. The van der Waals surface area contributed by atoms with E-state index in [9.17, 15) is 9.59 Å². The van der Waals surface area contributed by atoms with Crippen LogP contribution < -0.4 is 10.9 Å². The summed E-state index contributed by atoms with van der Waals surface area (Å²) in [4.78, 5) is 35.9. The van der Waals surface area contributed by atoms with Gasteiger partial charge >= 0.3 is 0 Å². The van der Waals surface area contributed by atoms with Crippen LogP contribution in [0.3, 0.4) is 0 Å². The quantitative estimate of drug-likeness (QED) is 0.513. The fourth-order valence-electron chi connectivity index (χ4n) is 3.70. The first-order valence-electron chi connectivity index (χ1n) is 10.7. The van der Waals surface area contributed by atoms with Gasteiger partial charge in [-0.2, -0.15) is 0 Å². The molecule has 4 rings (SSSR count). The lowest BCUT2D eigenvalue weighted by molar-refractivity contribution is -0.121. The Labute approximate surface area is 180 Å². The van der Waals surface area contributed by atoms with Crippen molar-refractivity contribution in [3.05, 3.63) is 58.9 Å². The number of ether oxygens (including phenoxy) is 1. The number of benzene rings is 1. The van der Waals surface area contributed by atoms with Gasteiger partial charge in [-0.25, -0.2) is 9.97 Å². The molecule has 0 aliphatic carbocycles. The molecule has 1 saturated heterocycles. The molecule has 3 heterocycles. The second-order valence-corrected chi connectivity index (χ2v) is 7.68. The van der Waals surface area contributed by atoms with Crippen LogP contribution in [-0.2, 0) is 22.6 Å². The maximum absolute atomic E-state index is 12.7. The fourth-order valence-corrected chi connectivity index (χ4v) is 3.70. The number of hydrogen-bond acceptors (Lipinski definition) is 6. The van der Waals surface area contributed by atoms with Crippen molar-refractivity contribution in [2.75, 3.05) is 39.4 Å². The van der Waals surface area contributed by atoms with Gasteiger partial charge in [0.15, 0.2) is 11.2 Å². The summed E-state index contributed by atoms with van der Waals surface area (Å²) in [5, 5.41) is 2.96. The minimum absolute atomic E-state index is 0.0127. The van der Waals surface area contributed by atoms with Crippen molar-refractivity contribution in [1.29, 1.82) is 0 Å². The van der Waals surface area contributed by atoms with Crippen LogP contribution in [0.4, 0.5) is 0 Å². The molecule has 164 valence electrons. The van der Waals surface area contributed by atoms with Crippen molar-refractivity contribution in [2.45, 2.75) is 25.9 Å². The van der Waals surface area contributed by atoms with E-state index in [4.69, 9.17) is 4.74 Å². The first-order valence-corrected chi connectivity index (χ1v) is 10.7. The van der Waals surface area contributed by atoms with Crippen LogP contribution in [0.1, 0.15) is 18.4 Å². The zero-order chi connectivity index (χ0) is 21.5. The van der Waals surface area contributed by atoms with E-state index in [0.717, 1.165) is 44.8 Å². The second kappa shape index (κ2) is 10.3. The Hall–Kier alpha value is -3.04. The first-order chi connectivity index (χ1) is 15.2. The van der Waals surface area contributed by atoms with Gasteiger partial charge in [-0.05, 0) is 18.5 Å².